The van der Waals surface area contributed by atoms with Gasteiger partial charge in [0.25, 0.3) is 5.76 Å². The number of thioether (sulfide) groups is 1. The first-order valence-electron chi connectivity index (χ1n) is 7.78. The molecule has 3 nitrogen and oxygen atoms in total. The Kier molecular flexibility index (Phi) is 7.33. The van der Waals surface area contributed by atoms with Crippen LogP contribution in [0.25, 0.3) is 0 Å². The van der Waals surface area contributed by atoms with Crippen LogP contribution in [0.3, 0.4) is 0 Å². The number of nitrogens with one attached hydrogen (secondary N) is 1. The molecule has 0 spiro atoms. The number of carbonyl (C=O) groups excluding carboxylic acids is 1. The fourth-order valence-electron chi connectivity index (χ4n) is 2.33. The second kappa shape index (κ2) is 9.48. The van der Waals surface area contributed by atoms with E-state index in [4.69, 9.17) is 0 Å². The number of hydrogen-bond acceptors (Lipinski definition) is 3. The average molecular weight is 368 g/mol. The molecule has 0 saturated heterocycles. The maximum absolute atomic E-state index is 13.3. The number of carbonyl (C=O) groups is 1. The number of rotatable bonds is 8. The summed E-state index contributed by atoms with van der Waals surface area (Å²) in [5.41, 5.74) is 1.13. The summed E-state index contributed by atoms with van der Waals surface area (Å²) in [5.74, 6) is -3.19. The summed E-state index contributed by atoms with van der Waals surface area (Å²) in [6, 6.07) is 12.6. The highest BCUT2D eigenvalue weighted by Gasteiger charge is 2.14. The zero-order chi connectivity index (χ0) is 18.2. The van der Waals surface area contributed by atoms with Crippen molar-refractivity contribution in [3.05, 3.63) is 59.9 Å². The zero-order valence-corrected chi connectivity index (χ0v) is 14.5. The molecule has 0 bridgehead atoms. The van der Waals surface area contributed by atoms with Crippen molar-refractivity contribution in [2.75, 3.05) is 18.4 Å². The number of benzene rings is 2. The monoisotopic (exact) mass is 368 g/mol. The third kappa shape index (κ3) is 6.43. The number of likely N-dealkylation sites (N-methyl/N-ethyl adjacent to an activating group) is 1. The van der Waals surface area contributed by atoms with Crippen LogP contribution in [0.2, 0.25) is 0 Å². The molecule has 0 radical (unpaired) electrons. The third-order valence-corrected chi connectivity index (χ3v) is 4.27. The van der Waals surface area contributed by atoms with Crippen molar-refractivity contribution in [3.8, 4) is 0 Å². The van der Waals surface area contributed by atoms with Crippen LogP contribution in [-0.2, 0) is 11.3 Å². The molecule has 7 heteroatoms. The van der Waals surface area contributed by atoms with Crippen LogP contribution < -0.4 is 5.32 Å². The lowest BCUT2D eigenvalue weighted by molar-refractivity contribution is -0.117. The van der Waals surface area contributed by atoms with Crippen LogP contribution in [0.15, 0.2) is 53.4 Å². The van der Waals surface area contributed by atoms with Gasteiger partial charge in [-0.15, -0.1) is 0 Å². The molecule has 0 aliphatic rings. The molecule has 0 aromatic heterocycles. The van der Waals surface area contributed by atoms with Crippen LogP contribution in [0.1, 0.15) is 12.5 Å². The first kappa shape index (κ1) is 19.3. The molecule has 1 N–H and O–H groups in total. The molecular weight excluding hydrogens is 349 g/mol. The number of halogens is 3. The Hall–Kier alpha value is -1.99. The van der Waals surface area contributed by atoms with Crippen LogP contribution >= 0.6 is 11.8 Å². The van der Waals surface area contributed by atoms with Gasteiger partial charge in [-0.2, -0.15) is 8.78 Å². The largest absolute Gasteiger partial charge is 0.324 e. The first-order valence-corrected chi connectivity index (χ1v) is 8.66. The van der Waals surface area contributed by atoms with E-state index in [-0.39, 0.29) is 18.3 Å². The molecular formula is C18H19F3N2OS. The predicted molar refractivity (Wildman–Crippen MR) is 94.3 cm³/mol. The molecule has 25 heavy (non-hydrogen) atoms. The van der Waals surface area contributed by atoms with Gasteiger partial charge in [0.1, 0.15) is 5.82 Å². The summed E-state index contributed by atoms with van der Waals surface area (Å²) in [7, 11) is 0. The van der Waals surface area contributed by atoms with Gasteiger partial charge in [-0.3, -0.25) is 9.69 Å². The van der Waals surface area contributed by atoms with E-state index in [0.29, 0.717) is 35.4 Å². The summed E-state index contributed by atoms with van der Waals surface area (Å²) in [4.78, 5) is 14.4. The van der Waals surface area contributed by atoms with E-state index in [2.05, 4.69) is 5.32 Å². The molecule has 0 saturated carbocycles. The SMILES string of the molecule is CCN(CC(=O)Nc1ccccc1SC(F)F)Cc1cccc(F)c1. The van der Waals surface area contributed by atoms with E-state index in [0.717, 1.165) is 5.56 Å². The van der Waals surface area contributed by atoms with E-state index in [9.17, 15) is 18.0 Å². The average Bonchev–Trinajstić information content (AvgIpc) is 2.55. The van der Waals surface area contributed by atoms with Crippen LogP contribution in [0.4, 0.5) is 18.9 Å². The number of hydrogen-bond donors (Lipinski definition) is 1. The minimum atomic E-state index is -2.56. The van der Waals surface area contributed by atoms with Gasteiger partial charge in [-0.05, 0) is 36.4 Å². The minimum Gasteiger partial charge on any atom is -0.324 e. The predicted octanol–water partition coefficient (Wildman–Crippen LogP) is 4.60. The Balaban J connectivity index is 1.98. The number of alkyl halides is 2. The van der Waals surface area contributed by atoms with Gasteiger partial charge < -0.3 is 5.32 Å². The van der Waals surface area contributed by atoms with Gasteiger partial charge in [0.2, 0.25) is 5.91 Å². The van der Waals surface area contributed by atoms with Crippen molar-refractivity contribution in [3.63, 3.8) is 0 Å². The van der Waals surface area contributed by atoms with Crippen molar-refractivity contribution in [2.45, 2.75) is 24.1 Å². The van der Waals surface area contributed by atoms with Gasteiger partial charge >= 0.3 is 0 Å². The van der Waals surface area contributed by atoms with E-state index in [1.165, 1.54) is 18.2 Å². The Morgan fingerprint density at radius 1 is 1.20 bits per heavy atom. The minimum absolute atomic E-state index is 0.0840. The quantitative estimate of drug-likeness (QED) is 0.691. The molecule has 1 amide bonds. The topological polar surface area (TPSA) is 32.3 Å². The summed E-state index contributed by atoms with van der Waals surface area (Å²) in [6.45, 7) is 3.00. The second-order valence-corrected chi connectivity index (χ2v) is 6.39. The first-order chi connectivity index (χ1) is 12.0. The van der Waals surface area contributed by atoms with Crippen LogP contribution in [0.5, 0.6) is 0 Å². The molecule has 2 rings (SSSR count). The number of para-hydroxylation sites is 1. The van der Waals surface area contributed by atoms with Crippen LogP contribution in [-0.4, -0.2) is 29.7 Å². The Bertz CT molecular complexity index is 712. The maximum atomic E-state index is 13.3. The third-order valence-electron chi connectivity index (χ3n) is 3.49. The Labute approximate surface area is 149 Å². The maximum Gasteiger partial charge on any atom is 0.288 e. The molecule has 0 atom stereocenters. The van der Waals surface area contributed by atoms with Crippen LogP contribution in [0, 0.1) is 5.82 Å². The fraction of sp³-hybridized carbons (Fsp3) is 0.278. The van der Waals surface area contributed by atoms with Gasteiger partial charge in [0, 0.05) is 11.4 Å². The lowest BCUT2D eigenvalue weighted by atomic mass is 10.2. The van der Waals surface area contributed by atoms with Gasteiger partial charge in [-0.25, -0.2) is 4.39 Å². The van der Waals surface area contributed by atoms with Gasteiger partial charge in [0.15, 0.2) is 0 Å². The lowest BCUT2D eigenvalue weighted by Gasteiger charge is -2.20. The number of amides is 1. The summed E-state index contributed by atoms with van der Waals surface area (Å²) < 4.78 is 38.4. The molecule has 0 unspecified atom stereocenters. The summed E-state index contributed by atoms with van der Waals surface area (Å²) in [5, 5.41) is 2.67. The highest BCUT2D eigenvalue weighted by molar-refractivity contribution is 7.99. The van der Waals surface area contributed by atoms with E-state index in [1.807, 2.05) is 11.8 Å². The molecule has 0 heterocycles. The smallest absolute Gasteiger partial charge is 0.288 e. The molecule has 2 aromatic rings. The zero-order valence-electron chi connectivity index (χ0n) is 13.7. The normalized spacial score (nSPS) is 11.1. The fourth-order valence-corrected chi connectivity index (χ4v) is 2.93. The highest BCUT2D eigenvalue weighted by atomic mass is 32.2. The number of nitrogens with zero attached hydrogens (tertiary/aromatic N) is 1. The highest BCUT2D eigenvalue weighted by Crippen LogP contribution is 2.31. The Morgan fingerprint density at radius 3 is 2.64 bits per heavy atom. The molecule has 0 aliphatic heterocycles. The van der Waals surface area contributed by atoms with Crippen molar-refractivity contribution < 1.29 is 18.0 Å². The Morgan fingerprint density at radius 2 is 1.96 bits per heavy atom. The second-order valence-electron chi connectivity index (χ2n) is 5.36. The molecule has 0 aliphatic carbocycles. The van der Waals surface area contributed by atoms with Gasteiger partial charge in [0.05, 0.1) is 12.2 Å². The van der Waals surface area contributed by atoms with E-state index >= 15 is 0 Å². The van der Waals surface area contributed by atoms with Crippen molar-refractivity contribution in [1.82, 2.24) is 4.90 Å². The molecule has 134 valence electrons. The summed E-state index contributed by atoms with van der Waals surface area (Å²) in [6.07, 6.45) is 0. The van der Waals surface area contributed by atoms with Gasteiger partial charge in [-0.1, -0.05) is 43.0 Å². The van der Waals surface area contributed by atoms with E-state index < -0.39 is 5.76 Å². The van der Waals surface area contributed by atoms with E-state index in [1.54, 1.807) is 30.3 Å². The number of anilines is 1. The van der Waals surface area contributed by atoms with Crippen molar-refractivity contribution in [1.29, 1.82) is 0 Å². The lowest BCUT2D eigenvalue weighted by Crippen LogP contribution is -2.32. The standard InChI is InChI=1S/C18H19F3N2OS/c1-2-23(11-13-6-5-7-14(19)10-13)12-17(24)22-15-8-3-4-9-16(15)25-18(20)21/h3-10,18H,2,11-12H2,1H3,(H,22,24). The molecule has 2 aromatic carbocycles. The molecule has 0 fully saturated rings. The van der Waals surface area contributed by atoms with Crippen molar-refractivity contribution in [2.24, 2.45) is 0 Å². The summed E-state index contributed by atoms with van der Waals surface area (Å²) >= 11 is 0.393. The van der Waals surface area contributed by atoms with Crippen molar-refractivity contribution >= 4 is 23.4 Å².